The van der Waals surface area contributed by atoms with Gasteiger partial charge in [0.2, 0.25) is 5.91 Å². The highest BCUT2D eigenvalue weighted by molar-refractivity contribution is 6.33. The van der Waals surface area contributed by atoms with Crippen LogP contribution in [0.2, 0.25) is 5.02 Å². The number of fused-ring (bicyclic) bond motifs is 1. The summed E-state index contributed by atoms with van der Waals surface area (Å²) in [5.41, 5.74) is 6.14. The maximum atomic E-state index is 14.2. The SMILES string of the molecule is C=CC(=O)N1CCC[C@H]1COc1cnccc1-c1cc2c(n1Nc1cccc(F)c1Cl)CCNC2=O. The van der Waals surface area contributed by atoms with Gasteiger partial charge in [0.05, 0.1) is 34.9 Å². The number of ether oxygens (including phenoxy) is 1. The highest BCUT2D eigenvalue weighted by Crippen LogP contribution is 2.35. The summed E-state index contributed by atoms with van der Waals surface area (Å²) >= 11 is 6.22. The van der Waals surface area contributed by atoms with E-state index < -0.39 is 5.82 Å². The molecule has 36 heavy (non-hydrogen) atoms. The fourth-order valence-corrected chi connectivity index (χ4v) is 4.90. The second-order valence-corrected chi connectivity index (χ2v) is 9.04. The molecular weight excluding hydrogens is 485 g/mol. The van der Waals surface area contributed by atoms with E-state index in [1.54, 1.807) is 46.2 Å². The van der Waals surface area contributed by atoms with Gasteiger partial charge in [0.1, 0.15) is 23.2 Å². The molecule has 3 aromatic rings. The van der Waals surface area contributed by atoms with Crippen molar-refractivity contribution in [3.05, 3.63) is 77.5 Å². The smallest absolute Gasteiger partial charge is 0.253 e. The van der Waals surface area contributed by atoms with Crippen LogP contribution in [0, 0.1) is 5.82 Å². The van der Waals surface area contributed by atoms with E-state index in [0.717, 1.165) is 18.5 Å². The van der Waals surface area contributed by atoms with Gasteiger partial charge in [-0.15, -0.1) is 0 Å². The molecule has 2 N–H and O–H groups in total. The van der Waals surface area contributed by atoms with Gasteiger partial charge in [0, 0.05) is 31.3 Å². The number of carbonyl (C=O) groups excluding carboxylic acids is 2. The molecule has 0 bridgehead atoms. The van der Waals surface area contributed by atoms with Crippen LogP contribution < -0.4 is 15.5 Å². The predicted molar refractivity (Wildman–Crippen MR) is 135 cm³/mol. The Morgan fingerprint density at radius 2 is 2.22 bits per heavy atom. The minimum absolute atomic E-state index is 0.0504. The first-order valence-electron chi connectivity index (χ1n) is 11.7. The van der Waals surface area contributed by atoms with E-state index in [9.17, 15) is 14.0 Å². The lowest BCUT2D eigenvalue weighted by molar-refractivity contribution is -0.127. The van der Waals surface area contributed by atoms with Crippen molar-refractivity contribution < 1.29 is 18.7 Å². The zero-order valence-electron chi connectivity index (χ0n) is 19.5. The second kappa shape index (κ2) is 10.0. The first-order chi connectivity index (χ1) is 17.5. The lowest BCUT2D eigenvalue weighted by Gasteiger charge is -2.24. The monoisotopic (exact) mass is 509 g/mol. The molecule has 2 aliphatic heterocycles. The minimum atomic E-state index is -0.551. The van der Waals surface area contributed by atoms with Gasteiger partial charge in [-0.1, -0.05) is 24.2 Å². The summed E-state index contributed by atoms with van der Waals surface area (Å²) in [6.07, 6.45) is 6.87. The van der Waals surface area contributed by atoms with Crippen molar-refractivity contribution in [2.24, 2.45) is 0 Å². The van der Waals surface area contributed by atoms with Gasteiger partial charge in [0.15, 0.2) is 0 Å². The average molecular weight is 510 g/mol. The third-order valence-electron chi connectivity index (χ3n) is 6.51. The minimum Gasteiger partial charge on any atom is -0.489 e. The molecule has 2 aliphatic rings. The van der Waals surface area contributed by atoms with Crippen molar-refractivity contribution in [3.8, 4) is 17.0 Å². The van der Waals surface area contributed by atoms with Crippen molar-refractivity contribution in [1.82, 2.24) is 19.9 Å². The second-order valence-electron chi connectivity index (χ2n) is 8.66. The summed E-state index contributed by atoms with van der Waals surface area (Å²) in [5, 5.41) is 2.81. The molecular formula is C26H25ClFN5O3. The zero-order valence-corrected chi connectivity index (χ0v) is 20.2. The van der Waals surface area contributed by atoms with Gasteiger partial charge in [0.25, 0.3) is 5.91 Å². The van der Waals surface area contributed by atoms with Crippen molar-refractivity contribution in [2.45, 2.75) is 25.3 Å². The lowest BCUT2D eigenvalue weighted by atomic mass is 10.1. The highest BCUT2D eigenvalue weighted by Gasteiger charge is 2.29. The van der Waals surface area contributed by atoms with Crippen LogP contribution in [0.25, 0.3) is 11.3 Å². The molecule has 1 aromatic carbocycles. The number of pyridine rings is 1. The number of hydrogen-bond donors (Lipinski definition) is 2. The van der Waals surface area contributed by atoms with Crippen LogP contribution in [0.4, 0.5) is 10.1 Å². The summed E-state index contributed by atoms with van der Waals surface area (Å²) in [7, 11) is 0. The molecule has 0 aliphatic carbocycles. The number of nitrogens with one attached hydrogen (secondary N) is 2. The summed E-state index contributed by atoms with van der Waals surface area (Å²) in [6.45, 7) is 5.03. The first-order valence-corrected chi connectivity index (χ1v) is 12.1. The van der Waals surface area contributed by atoms with Gasteiger partial charge < -0.3 is 15.0 Å². The predicted octanol–water partition coefficient (Wildman–Crippen LogP) is 4.06. The number of aromatic nitrogens is 2. The molecule has 4 heterocycles. The van der Waals surface area contributed by atoms with Crippen LogP contribution in [0.1, 0.15) is 28.9 Å². The molecule has 186 valence electrons. The van der Waals surface area contributed by atoms with Gasteiger partial charge in [-0.3, -0.25) is 24.7 Å². The number of anilines is 1. The number of benzene rings is 1. The van der Waals surface area contributed by atoms with Gasteiger partial charge in [-0.25, -0.2) is 4.39 Å². The van der Waals surface area contributed by atoms with E-state index >= 15 is 0 Å². The zero-order chi connectivity index (χ0) is 25.2. The normalized spacial score (nSPS) is 16.9. The molecule has 0 spiro atoms. The summed E-state index contributed by atoms with van der Waals surface area (Å²) < 4.78 is 22.1. The Hall–Kier alpha value is -3.85. The van der Waals surface area contributed by atoms with Crippen molar-refractivity contribution in [2.75, 3.05) is 25.1 Å². The van der Waals surface area contributed by atoms with Crippen LogP contribution in [-0.2, 0) is 11.2 Å². The fraction of sp³-hybridized carbons (Fsp3) is 0.269. The Balaban J connectivity index is 1.52. The van der Waals surface area contributed by atoms with Gasteiger partial charge in [-0.2, -0.15) is 0 Å². The number of carbonyl (C=O) groups is 2. The third-order valence-corrected chi connectivity index (χ3v) is 6.89. The molecule has 1 fully saturated rings. The quantitative estimate of drug-likeness (QED) is 0.469. The number of likely N-dealkylation sites (tertiary alicyclic amines) is 1. The van der Waals surface area contributed by atoms with Crippen LogP contribution in [0.3, 0.4) is 0 Å². The Morgan fingerprint density at radius 1 is 1.36 bits per heavy atom. The summed E-state index contributed by atoms with van der Waals surface area (Å²) in [6, 6.07) is 8.00. The lowest BCUT2D eigenvalue weighted by Crippen LogP contribution is -2.38. The maximum Gasteiger partial charge on any atom is 0.253 e. The molecule has 5 rings (SSSR count). The number of nitrogens with zero attached hydrogens (tertiary/aromatic N) is 3. The van der Waals surface area contributed by atoms with E-state index in [1.807, 2.05) is 0 Å². The van der Waals surface area contributed by atoms with E-state index in [4.69, 9.17) is 16.3 Å². The van der Waals surface area contributed by atoms with E-state index in [1.165, 1.54) is 12.1 Å². The van der Waals surface area contributed by atoms with Crippen LogP contribution in [-0.4, -0.2) is 52.1 Å². The topological polar surface area (TPSA) is 88.5 Å². The third kappa shape index (κ3) is 4.42. The Labute approximate surface area is 212 Å². The van der Waals surface area contributed by atoms with E-state index in [2.05, 4.69) is 22.3 Å². The molecule has 10 heteroatoms. The Morgan fingerprint density at radius 3 is 3.06 bits per heavy atom. The Bertz CT molecular complexity index is 1340. The molecule has 1 atom stereocenters. The van der Waals surface area contributed by atoms with Crippen LogP contribution in [0.15, 0.2) is 55.4 Å². The summed E-state index contributed by atoms with van der Waals surface area (Å²) in [5.74, 6) is -0.357. The van der Waals surface area contributed by atoms with Gasteiger partial charge in [-0.05, 0) is 43.2 Å². The number of rotatable bonds is 7. The Kier molecular flexibility index (Phi) is 6.65. The first kappa shape index (κ1) is 23.9. The molecule has 1 saturated heterocycles. The molecule has 0 radical (unpaired) electrons. The summed E-state index contributed by atoms with van der Waals surface area (Å²) in [4.78, 5) is 30.8. The van der Waals surface area contributed by atoms with Gasteiger partial charge >= 0.3 is 0 Å². The standard InChI is InChI=1S/C26H25ClFN5O3/c1-2-24(34)32-12-4-5-16(32)15-36-23-14-29-10-8-17(23)22-13-18-21(9-11-30-26(18)35)33(22)31-20-7-3-6-19(28)25(20)27/h2-3,6-8,10,13-14,16,31H,1,4-5,9,11-12,15H2,(H,30,35)/t16-/m0/s1. The van der Waals surface area contributed by atoms with Crippen LogP contribution >= 0.6 is 11.6 Å². The van der Waals surface area contributed by atoms with Crippen molar-refractivity contribution in [3.63, 3.8) is 0 Å². The number of halogens is 2. The van der Waals surface area contributed by atoms with Crippen molar-refractivity contribution >= 4 is 29.1 Å². The fourth-order valence-electron chi connectivity index (χ4n) is 4.73. The average Bonchev–Trinajstić information content (AvgIpc) is 3.51. The molecule has 2 aromatic heterocycles. The number of amides is 2. The molecule has 8 nitrogen and oxygen atoms in total. The maximum absolute atomic E-state index is 14.2. The molecule has 0 saturated carbocycles. The largest absolute Gasteiger partial charge is 0.489 e. The molecule has 0 unspecified atom stereocenters. The van der Waals surface area contributed by atoms with E-state index in [0.29, 0.717) is 54.4 Å². The van der Waals surface area contributed by atoms with Crippen molar-refractivity contribution in [1.29, 1.82) is 0 Å². The van der Waals surface area contributed by atoms with Crippen LogP contribution in [0.5, 0.6) is 5.75 Å². The molecule has 2 amide bonds. The number of hydrogen-bond acceptors (Lipinski definition) is 5. The highest BCUT2D eigenvalue weighted by atomic mass is 35.5. The van der Waals surface area contributed by atoms with E-state index in [-0.39, 0.29) is 22.9 Å².